The van der Waals surface area contributed by atoms with Crippen LogP contribution < -0.4 is 9.47 Å². The van der Waals surface area contributed by atoms with Crippen molar-refractivity contribution in [3.05, 3.63) is 39.8 Å². The number of azide groups is 1. The summed E-state index contributed by atoms with van der Waals surface area (Å²) in [7, 11) is 1.50. The number of ether oxygens (including phenoxy) is 6. The minimum absolute atomic E-state index is 0.0388. The average molecular weight is 518 g/mol. The van der Waals surface area contributed by atoms with E-state index in [4.69, 9.17) is 34.0 Å². The number of benzene rings is 1. The van der Waals surface area contributed by atoms with Crippen LogP contribution in [0.25, 0.3) is 16.5 Å². The predicted molar refractivity (Wildman–Crippen MR) is 138 cm³/mol. The van der Waals surface area contributed by atoms with Gasteiger partial charge in [0.1, 0.15) is 23.2 Å². The maximum Gasteiger partial charge on any atom is 0.342 e. The van der Waals surface area contributed by atoms with E-state index in [9.17, 15) is 4.79 Å². The number of hydrogen-bond donors (Lipinski definition) is 0. The van der Waals surface area contributed by atoms with E-state index in [1.165, 1.54) is 7.11 Å². The second-order valence-corrected chi connectivity index (χ2v) is 10.2. The third kappa shape index (κ3) is 7.85. The van der Waals surface area contributed by atoms with E-state index in [2.05, 4.69) is 23.9 Å². The normalized spacial score (nSPS) is 28.6. The third-order valence-electron chi connectivity index (χ3n) is 6.79. The molecule has 2 heterocycles. The smallest absolute Gasteiger partial charge is 0.342 e. The molecule has 0 spiro atoms. The van der Waals surface area contributed by atoms with Crippen LogP contribution in [0.3, 0.4) is 0 Å². The summed E-state index contributed by atoms with van der Waals surface area (Å²) in [5, 5.41) is 3.50. The molecule has 3 rings (SSSR count). The molecule has 0 bridgehead atoms. The van der Waals surface area contributed by atoms with Gasteiger partial charge in [-0.3, -0.25) is 0 Å². The molecule has 1 aromatic carbocycles. The van der Waals surface area contributed by atoms with Crippen molar-refractivity contribution < 1.29 is 33.2 Å². The molecule has 0 aromatic heterocycles. The zero-order chi connectivity index (χ0) is 27.0. The fourth-order valence-corrected chi connectivity index (χ4v) is 4.65. The summed E-state index contributed by atoms with van der Waals surface area (Å²) < 4.78 is 35.1. The topological polar surface area (TPSA) is 121 Å². The van der Waals surface area contributed by atoms with Gasteiger partial charge in [-0.25, -0.2) is 4.79 Å². The van der Waals surface area contributed by atoms with Crippen LogP contribution in [-0.2, 0) is 18.9 Å². The number of fused-ring (bicyclic) bond motifs is 2. The van der Waals surface area contributed by atoms with Gasteiger partial charge in [0.15, 0.2) is 12.6 Å². The number of rotatable bonds is 7. The van der Waals surface area contributed by atoms with Crippen molar-refractivity contribution in [3.8, 4) is 11.5 Å². The first kappa shape index (κ1) is 28.8. The van der Waals surface area contributed by atoms with E-state index in [0.29, 0.717) is 23.3 Å². The molecule has 0 radical (unpaired) electrons. The molecule has 2 aliphatic rings. The first-order chi connectivity index (χ1) is 17.6. The molecule has 5 atom stereocenters. The Labute approximate surface area is 218 Å². The van der Waals surface area contributed by atoms with E-state index < -0.39 is 11.8 Å². The third-order valence-corrected chi connectivity index (χ3v) is 6.79. The molecule has 10 nitrogen and oxygen atoms in total. The van der Waals surface area contributed by atoms with Crippen LogP contribution in [0, 0.1) is 11.8 Å². The largest absolute Gasteiger partial charge is 0.493 e. The Balaban J connectivity index is 2.02. The molecule has 2 aliphatic heterocycles. The summed E-state index contributed by atoms with van der Waals surface area (Å²) in [6.07, 6.45) is 5.80. The zero-order valence-electron chi connectivity index (χ0n) is 22.6. The molecular weight excluding hydrogens is 478 g/mol. The van der Waals surface area contributed by atoms with Gasteiger partial charge in [-0.05, 0) is 69.0 Å². The molecule has 0 aliphatic carbocycles. The van der Waals surface area contributed by atoms with Crippen LogP contribution in [0.5, 0.6) is 11.5 Å². The molecular formula is C27H39N3O7. The van der Waals surface area contributed by atoms with Crippen LogP contribution in [0.2, 0.25) is 0 Å². The van der Waals surface area contributed by atoms with Gasteiger partial charge in [0.05, 0.1) is 25.4 Å². The van der Waals surface area contributed by atoms with Crippen LogP contribution in [0.1, 0.15) is 69.8 Å². The number of hydrogen-bond acceptors (Lipinski definition) is 8. The summed E-state index contributed by atoms with van der Waals surface area (Å²) in [6.45, 7) is 10.4. The first-order valence-corrected chi connectivity index (χ1v) is 12.8. The number of esters is 1. The molecule has 1 fully saturated rings. The van der Waals surface area contributed by atoms with Gasteiger partial charge >= 0.3 is 5.97 Å². The van der Waals surface area contributed by atoms with Crippen molar-refractivity contribution in [2.75, 3.05) is 27.1 Å². The van der Waals surface area contributed by atoms with Crippen molar-refractivity contribution in [1.82, 2.24) is 0 Å². The lowest BCUT2D eigenvalue weighted by molar-refractivity contribution is -0.150. The van der Waals surface area contributed by atoms with E-state index in [1.54, 1.807) is 12.1 Å². The lowest BCUT2D eigenvalue weighted by Crippen LogP contribution is -2.31. The first-order valence-electron chi connectivity index (χ1n) is 12.8. The summed E-state index contributed by atoms with van der Waals surface area (Å²) in [5.74, 6) is 0.0452. The van der Waals surface area contributed by atoms with E-state index in [-0.39, 0.29) is 55.8 Å². The zero-order valence-corrected chi connectivity index (χ0v) is 22.6. The van der Waals surface area contributed by atoms with Crippen molar-refractivity contribution in [3.63, 3.8) is 0 Å². The second-order valence-electron chi connectivity index (χ2n) is 10.2. The van der Waals surface area contributed by atoms with Crippen LogP contribution in [-0.4, -0.2) is 57.1 Å². The average Bonchev–Trinajstić information content (AvgIpc) is 3.17. The van der Waals surface area contributed by atoms with Crippen molar-refractivity contribution in [2.24, 2.45) is 17.0 Å². The summed E-state index contributed by atoms with van der Waals surface area (Å²) in [5.41, 5.74) is 9.40. The highest BCUT2D eigenvalue weighted by molar-refractivity contribution is 5.97. The minimum atomic E-state index is -0.657. The van der Waals surface area contributed by atoms with Gasteiger partial charge < -0.3 is 28.4 Å². The number of carbonyl (C=O) groups excluding carboxylic acids is 1. The highest BCUT2D eigenvalue weighted by Gasteiger charge is 2.43. The molecule has 37 heavy (non-hydrogen) atoms. The standard InChI is InChI=1S/C27H39N3O7/c1-17-10-11-18(2)25-22(36-27(4,5)37-25)9-7-8-20-14-21(33-13-12-29-30-28)15-23(34-16-32-6)24(20)26(31)35-19(17)3/h7-8,14-15,17-19,22,25H,9-13,16H2,1-6H3/b8-7+/t17-,18+,19+,22+,25?/m1/s1. The van der Waals surface area contributed by atoms with Gasteiger partial charge in [0.2, 0.25) is 0 Å². The Hall–Kier alpha value is -2.78. The maximum absolute atomic E-state index is 13.4. The lowest BCUT2D eigenvalue weighted by Gasteiger charge is -2.27. The minimum Gasteiger partial charge on any atom is -0.493 e. The highest BCUT2D eigenvalue weighted by atomic mass is 16.8. The van der Waals surface area contributed by atoms with Gasteiger partial charge in [-0.15, -0.1) is 0 Å². The molecule has 1 aromatic rings. The number of nitrogens with zero attached hydrogens (tertiary/aromatic N) is 3. The van der Waals surface area contributed by atoms with Gasteiger partial charge in [0.25, 0.3) is 0 Å². The van der Waals surface area contributed by atoms with Crippen molar-refractivity contribution in [2.45, 2.75) is 78.0 Å². The summed E-state index contributed by atoms with van der Waals surface area (Å²) in [6, 6.07) is 3.37. The van der Waals surface area contributed by atoms with Crippen molar-refractivity contribution >= 4 is 12.0 Å². The van der Waals surface area contributed by atoms with Crippen LogP contribution >= 0.6 is 0 Å². The quantitative estimate of drug-likeness (QED) is 0.110. The molecule has 0 amide bonds. The highest BCUT2D eigenvalue weighted by Crippen LogP contribution is 2.37. The van der Waals surface area contributed by atoms with Crippen LogP contribution in [0.15, 0.2) is 23.3 Å². The monoisotopic (exact) mass is 517 g/mol. The Kier molecular flexibility index (Phi) is 10.2. The molecule has 10 heteroatoms. The Bertz CT molecular complexity index is 1010. The number of methoxy groups -OCH3 is 1. The number of cyclic esters (lactones) is 1. The lowest BCUT2D eigenvalue weighted by atomic mass is 9.88. The Morgan fingerprint density at radius 3 is 2.62 bits per heavy atom. The second kappa shape index (κ2) is 13.1. The SMILES string of the molecule is COCOc1cc(OCCN=[N+]=[N-])cc2c1C(=O)O[C@@H](C)[C@H](C)CC[C@H](C)C1OC(C)(C)O[C@H]1C/C=C/2. The molecule has 1 saturated heterocycles. The molecule has 0 saturated carbocycles. The predicted octanol–water partition coefficient (Wildman–Crippen LogP) is 5.89. The summed E-state index contributed by atoms with van der Waals surface area (Å²) in [4.78, 5) is 16.2. The van der Waals surface area contributed by atoms with Crippen LogP contribution in [0.4, 0.5) is 0 Å². The van der Waals surface area contributed by atoms with Gasteiger partial charge in [-0.2, -0.15) is 0 Å². The maximum atomic E-state index is 13.4. The fraction of sp³-hybridized carbons (Fsp3) is 0.667. The van der Waals surface area contributed by atoms with Gasteiger partial charge in [-0.1, -0.05) is 31.1 Å². The van der Waals surface area contributed by atoms with E-state index >= 15 is 0 Å². The molecule has 204 valence electrons. The fourth-order valence-electron chi connectivity index (χ4n) is 4.65. The van der Waals surface area contributed by atoms with Gasteiger partial charge in [0, 0.05) is 18.1 Å². The summed E-state index contributed by atoms with van der Waals surface area (Å²) >= 11 is 0. The number of carbonyl (C=O) groups is 1. The Morgan fingerprint density at radius 1 is 1.14 bits per heavy atom. The van der Waals surface area contributed by atoms with E-state index in [1.807, 2.05) is 32.9 Å². The molecule has 0 N–H and O–H groups in total. The Morgan fingerprint density at radius 2 is 1.89 bits per heavy atom. The van der Waals surface area contributed by atoms with Crippen molar-refractivity contribution in [1.29, 1.82) is 0 Å². The van der Waals surface area contributed by atoms with E-state index in [0.717, 1.165) is 12.8 Å². The molecule has 1 unspecified atom stereocenters.